The van der Waals surface area contributed by atoms with Crippen LogP contribution in [0.25, 0.3) is 0 Å². The third kappa shape index (κ3) is 3.44. The first kappa shape index (κ1) is 15.3. The zero-order valence-corrected chi connectivity index (χ0v) is 13.3. The number of carbonyl (C=O) groups excluding carboxylic acids is 2. The Morgan fingerprint density at radius 2 is 1.74 bits per heavy atom. The predicted molar refractivity (Wildman–Crippen MR) is 88.2 cm³/mol. The molecule has 0 bridgehead atoms. The summed E-state index contributed by atoms with van der Waals surface area (Å²) in [5, 5.41) is 0. The lowest BCUT2D eigenvalue weighted by atomic mass is 10.1. The molecule has 0 atom stereocenters. The summed E-state index contributed by atoms with van der Waals surface area (Å²) in [6.07, 6.45) is 4.08. The molecule has 0 saturated carbocycles. The van der Waals surface area contributed by atoms with E-state index in [1.54, 1.807) is 0 Å². The maximum Gasteiger partial charge on any atom is 0.254 e. The second-order valence-electron chi connectivity index (χ2n) is 5.88. The van der Waals surface area contributed by atoms with E-state index < -0.39 is 0 Å². The van der Waals surface area contributed by atoms with E-state index in [0.29, 0.717) is 32.6 Å². The maximum absolute atomic E-state index is 12.6. The normalized spacial score (nSPS) is 14.8. The summed E-state index contributed by atoms with van der Waals surface area (Å²) < 4.78 is 0. The largest absolute Gasteiger partial charge is 0.367 e. The third-order valence-electron chi connectivity index (χ3n) is 4.31. The van der Waals surface area contributed by atoms with E-state index in [1.807, 2.05) is 59.4 Å². The van der Waals surface area contributed by atoms with Crippen LogP contribution in [0.5, 0.6) is 0 Å². The number of hydrogen-bond donors (Lipinski definition) is 1. The minimum atomic E-state index is 0.0563. The van der Waals surface area contributed by atoms with Crippen molar-refractivity contribution in [1.82, 2.24) is 14.8 Å². The fourth-order valence-corrected chi connectivity index (χ4v) is 2.90. The molecule has 1 fully saturated rings. The molecule has 0 aliphatic carbocycles. The second kappa shape index (κ2) is 6.69. The SMILES string of the molecule is Cc1ccccc1C(=O)N1CCN(C(=O)Cc2cc[nH]c2)CC1. The lowest BCUT2D eigenvalue weighted by molar-refractivity contribution is -0.131. The minimum Gasteiger partial charge on any atom is -0.367 e. The van der Waals surface area contributed by atoms with Crippen LogP contribution in [0, 0.1) is 6.92 Å². The van der Waals surface area contributed by atoms with Crippen LogP contribution in [0.3, 0.4) is 0 Å². The van der Waals surface area contributed by atoms with Crippen molar-refractivity contribution in [3.63, 3.8) is 0 Å². The van der Waals surface area contributed by atoms with Crippen molar-refractivity contribution in [3.8, 4) is 0 Å². The van der Waals surface area contributed by atoms with Crippen molar-refractivity contribution < 1.29 is 9.59 Å². The number of aromatic amines is 1. The summed E-state index contributed by atoms with van der Waals surface area (Å²) in [6.45, 7) is 4.32. The molecule has 1 aliphatic rings. The zero-order chi connectivity index (χ0) is 16.2. The first-order valence-electron chi connectivity index (χ1n) is 7.89. The van der Waals surface area contributed by atoms with Gasteiger partial charge in [0.15, 0.2) is 0 Å². The van der Waals surface area contributed by atoms with Crippen LogP contribution >= 0.6 is 0 Å². The molecule has 5 heteroatoms. The first-order chi connectivity index (χ1) is 11.1. The van der Waals surface area contributed by atoms with Crippen LogP contribution in [0.4, 0.5) is 0 Å². The monoisotopic (exact) mass is 311 g/mol. The van der Waals surface area contributed by atoms with Crippen LogP contribution in [-0.2, 0) is 11.2 Å². The Labute approximate surface area is 135 Å². The lowest BCUT2D eigenvalue weighted by Gasteiger charge is -2.35. The molecule has 2 amide bonds. The third-order valence-corrected chi connectivity index (χ3v) is 4.31. The highest BCUT2D eigenvalue weighted by Crippen LogP contribution is 2.13. The van der Waals surface area contributed by atoms with Crippen molar-refractivity contribution in [3.05, 3.63) is 59.4 Å². The predicted octanol–water partition coefficient (Wildman–Crippen LogP) is 1.85. The van der Waals surface area contributed by atoms with Gasteiger partial charge in [-0.2, -0.15) is 0 Å². The Kier molecular flexibility index (Phi) is 4.46. The molecule has 23 heavy (non-hydrogen) atoms. The number of hydrogen-bond acceptors (Lipinski definition) is 2. The standard InChI is InChI=1S/C18H21N3O2/c1-14-4-2-3-5-16(14)18(23)21-10-8-20(9-11-21)17(22)12-15-6-7-19-13-15/h2-7,13,19H,8-12H2,1H3. The van der Waals surface area contributed by atoms with E-state index in [2.05, 4.69) is 4.98 Å². The molecule has 1 aromatic heterocycles. The number of rotatable bonds is 3. The van der Waals surface area contributed by atoms with Gasteiger partial charge in [0.2, 0.25) is 5.91 Å². The summed E-state index contributed by atoms with van der Waals surface area (Å²) in [5.41, 5.74) is 2.73. The molecule has 2 heterocycles. The lowest BCUT2D eigenvalue weighted by Crippen LogP contribution is -2.51. The Morgan fingerprint density at radius 1 is 1.04 bits per heavy atom. The summed E-state index contributed by atoms with van der Waals surface area (Å²) >= 11 is 0. The second-order valence-corrected chi connectivity index (χ2v) is 5.88. The fourth-order valence-electron chi connectivity index (χ4n) is 2.90. The van der Waals surface area contributed by atoms with E-state index in [0.717, 1.165) is 16.7 Å². The highest BCUT2D eigenvalue weighted by Gasteiger charge is 2.25. The molecule has 0 unspecified atom stereocenters. The molecule has 2 aromatic rings. The van der Waals surface area contributed by atoms with E-state index in [4.69, 9.17) is 0 Å². The maximum atomic E-state index is 12.6. The average Bonchev–Trinajstić information content (AvgIpc) is 3.08. The van der Waals surface area contributed by atoms with Crippen molar-refractivity contribution in [2.24, 2.45) is 0 Å². The van der Waals surface area contributed by atoms with Crippen molar-refractivity contribution in [2.75, 3.05) is 26.2 Å². The first-order valence-corrected chi connectivity index (χ1v) is 7.89. The van der Waals surface area contributed by atoms with Crippen LogP contribution in [-0.4, -0.2) is 52.8 Å². The van der Waals surface area contributed by atoms with Gasteiger partial charge in [-0.1, -0.05) is 18.2 Å². The molecular weight excluding hydrogens is 290 g/mol. The van der Waals surface area contributed by atoms with Crippen LogP contribution in [0.2, 0.25) is 0 Å². The van der Waals surface area contributed by atoms with Gasteiger partial charge in [0.05, 0.1) is 6.42 Å². The molecule has 1 aliphatic heterocycles. The van der Waals surface area contributed by atoms with Crippen LogP contribution in [0.1, 0.15) is 21.5 Å². The van der Waals surface area contributed by atoms with E-state index in [-0.39, 0.29) is 11.8 Å². The molecule has 5 nitrogen and oxygen atoms in total. The summed E-state index contributed by atoms with van der Waals surface area (Å²) in [7, 11) is 0. The Morgan fingerprint density at radius 3 is 2.39 bits per heavy atom. The number of nitrogens with one attached hydrogen (secondary N) is 1. The molecule has 0 radical (unpaired) electrons. The van der Waals surface area contributed by atoms with Gasteiger partial charge in [0, 0.05) is 44.1 Å². The minimum absolute atomic E-state index is 0.0563. The highest BCUT2D eigenvalue weighted by molar-refractivity contribution is 5.95. The number of carbonyl (C=O) groups is 2. The van der Waals surface area contributed by atoms with Crippen LogP contribution < -0.4 is 0 Å². The number of nitrogens with zero attached hydrogens (tertiary/aromatic N) is 2. The number of aryl methyl sites for hydroxylation is 1. The topological polar surface area (TPSA) is 56.4 Å². The van der Waals surface area contributed by atoms with Gasteiger partial charge < -0.3 is 14.8 Å². The summed E-state index contributed by atoms with van der Waals surface area (Å²) in [4.78, 5) is 31.5. The average molecular weight is 311 g/mol. The molecule has 1 N–H and O–H groups in total. The quantitative estimate of drug-likeness (QED) is 0.940. The fraction of sp³-hybridized carbons (Fsp3) is 0.333. The summed E-state index contributed by atoms with van der Waals surface area (Å²) in [6, 6.07) is 9.54. The molecule has 1 aromatic carbocycles. The van der Waals surface area contributed by atoms with Crippen molar-refractivity contribution in [2.45, 2.75) is 13.3 Å². The molecule has 3 rings (SSSR count). The van der Waals surface area contributed by atoms with Crippen molar-refractivity contribution in [1.29, 1.82) is 0 Å². The van der Waals surface area contributed by atoms with E-state index in [1.165, 1.54) is 0 Å². The summed E-state index contributed by atoms with van der Waals surface area (Å²) in [5.74, 6) is 0.174. The Balaban J connectivity index is 1.57. The van der Waals surface area contributed by atoms with E-state index >= 15 is 0 Å². The number of benzene rings is 1. The highest BCUT2D eigenvalue weighted by atomic mass is 16.2. The number of H-pyrrole nitrogens is 1. The molecule has 0 spiro atoms. The number of amides is 2. The van der Waals surface area contributed by atoms with E-state index in [9.17, 15) is 9.59 Å². The number of piperazine rings is 1. The zero-order valence-electron chi connectivity index (χ0n) is 13.3. The van der Waals surface area contributed by atoms with Crippen molar-refractivity contribution >= 4 is 11.8 Å². The number of aromatic nitrogens is 1. The smallest absolute Gasteiger partial charge is 0.254 e. The van der Waals surface area contributed by atoms with Gasteiger partial charge in [0.1, 0.15) is 0 Å². The van der Waals surface area contributed by atoms with Gasteiger partial charge in [0.25, 0.3) is 5.91 Å². The van der Waals surface area contributed by atoms with Gasteiger partial charge in [-0.3, -0.25) is 9.59 Å². The van der Waals surface area contributed by atoms with Gasteiger partial charge in [-0.25, -0.2) is 0 Å². The van der Waals surface area contributed by atoms with Crippen LogP contribution in [0.15, 0.2) is 42.7 Å². The van der Waals surface area contributed by atoms with Gasteiger partial charge in [-0.05, 0) is 30.2 Å². The van der Waals surface area contributed by atoms with Gasteiger partial charge >= 0.3 is 0 Å². The molecular formula is C18H21N3O2. The Hall–Kier alpha value is -2.56. The van der Waals surface area contributed by atoms with Gasteiger partial charge in [-0.15, -0.1) is 0 Å². The molecule has 120 valence electrons. The molecule has 1 saturated heterocycles. The Bertz CT molecular complexity index is 686.